The van der Waals surface area contributed by atoms with Gasteiger partial charge in [0.05, 0.1) is 6.04 Å². The van der Waals surface area contributed by atoms with Crippen molar-refractivity contribution in [1.82, 2.24) is 4.90 Å². The lowest BCUT2D eigenvalue weighted by Gasteiger charge is -2.16. The lowest BCUT2D eigenvalue weighted by molar-refractivity contribution is 0.103. The van der Waals surface area contributed by atoms with Crippen molar-refractivity contribution in [2.45, 2.75) is 25.9 Å². The van der Waals surface area contributed by atoms with Crippen molar-refractivity contribution in [3.05, 3.63) is 46.3 Å². The molecule has 2 atom stereocenters. The van der Waals surface area contributed by atoms with Gasteiger partial charge in [-0.2, -0.15) is 0 Å². The van der Waals surface area contributed by atoms with Crippen LogP contribution in [0.5, 0.6) is 0 Å². The van der Waals surface area contributed by atoms with Gasteiger partial charge in [-0.05, 0) is 17.0 Å². The molecule has 1 aromatic carbocycles. The van der Waals surface area contributed by atoms with E-state index in [0.717, 1.165) is 5.56 Å². The molecule has 1 aliphatic heterocycles. The molecule has 1 amide bonds. The van der Waals surface area contributed by atoms with Crippen LogP contribution in [0.3, 0.4) is 0 Å². The van der Waals surface area contributed by atoms with Crippen molar-refractivity contribution in [2.24, 2.45) is 11.0 Å². The molecule has 6 heteroatoms. The first-order chi connectivity index (χ1) is 11.7. The number of nitrogens with zero attached hydrogens (tertiary/aromatic N) is 4. The number of carbonyl (C=O) groups excluding carboxylic acids is 1. The molecule has 0 unspecified atom stereocenters. The smallest absolute Gasteiger partial charge is 0.410 e. The van der Waals surface area contributed by atoms with Crippen LogP contribution < -0.4 is 0 Å². The summed E-state index contributed by atoms with van der Waals surface area (Å²) in [4.78, 5) is 16.0. The van der Waals surface area contributed by atoms with Gasteiger partial charge in [-0.25, -0.2) is 4.79 Å². The van der Waals surface area contributed by atoms with Gasteiger partial charge in [0.1, 0.15) is 6.61 Å². The lowest BCUT2D eigenvalue weighted by Crippen LogP contribution is -2.29. The first-order valence-corrected chi connectivity index (χ1v) is 6.16. The summed E-state index contributed by atoms with van der Waals surface area (Å²) in [6.07, 6.45) is -3.30. The first-order valence-electron chi connectivity index (χ1n) is 8.66. The van der Waals surface area contributed by atoms with Crippen LogP contribution in [-0.2, 0) is 11.3 Å². The van der Waals surface area contributed by atoms with Crippen LogP contribution in [0.15, 0.2) is 35.4 Å². The minimum absolute atomic E-state index is 0.0409. The summed E-state index contributed by atoms with van der Waals surface area (Å²) >= 11 is 0. The number of likely N-dealkylation sites (tertiary alicyclic amines) is 1. The predicted molar refractivity (Wildman–Crippen MR) is 74.9 cm³/mol. The third-order valence-corrected chi connectivity index (χ3v) is 3.14. The topological polar surface area (TPSA) is 78.3 Å². The van der Waals surface area contributed by atoms with E-state index >= 15 is 0 Å². The highest BCUT2D eigenvalue weighted by atomic mass is 16.6. The van der Waals surface area contributed by atoms with Crippen molar-refractivity contribution in [3.8, 4) is 0 Å². The number of hydrogen-bond donors (Lipinski definition) is 0. The van der Waals surface area contributed by atoms with E-state index in [0.29, 0.717) is 0 Å². The summed E-state index contributed by atoms with van der Waals surface area (Å²) in [5.41, 5.74) is 9.44. The maximum Gasteiger partial charge on any atom is 0.410 e. The predicted octanol–water partition coefficient (Wildman–Crippen LogP) is 3.34. The van der Waals surface area contributed by atoms with Crippen LogP contribution in [0.1, 0.15) is 25.6 Å². The summed E-state index contributed by atoms with van der Waals surface area (Å²) in [6.45, 7) is -3.13. The van der Waals surface area contributed by atoms with E-state index in [1.54, 1.807) is 24.3 Å². The Balaban J connectivity index is 2.08. The second-order valence-corrected chi connectivity index (χ2v) is 4.47. The third kappa shape index (κ3) is 3.42. The second kappa shape index (κ2) is 6.82. The van der Waals surface area contributed by atoms with E-state index in [9.17, 15) is 4.79 Å². The van der Waals surface area contributed by atoms with Crippen LogP contribution in [0.4, 0.5) is 4.79 Å². The van der Waals surface area contributed by atoms with Gasteiger partial charge >= 0.3 is 6.09 Å². The molecule has 1 aliphatic rings. The normalized spacial score (nSPS) is 26.4. The first kappa shape index (κ1) is 8.87. The highest BCUT2D eigenvalue weighted by Crippen LogP contribution is 2.23. The molecule has 0 radical (unpaired) electrons. The van der Waals surface area contributed by atoms with Gasteiger partial charge in [0, 0.05) is 24.9 Å². The van der Waals surface area contributed by atoms with Crippen LogP contribution in [0.2, 0.25) is 0 Å². The lowest BCUT2D eigenvalue weighted by atomic mass is 10.0. The molecule has 2 rings (SSSR count). The number of amides is 1. The zero-order valence-corrected chi connectivity index (χ0v) is 10.8. The molecule has 106 valence electrons. The van der Waals surface area contributed by atoms with Gasteiger partial charge in [0.25, 0.3) is 0 Å². The Morgan fingerprint density at radius 3 is 3.10 bits per heavy atom. The Labute approximate surface area is 125 Å². The fourth-order valence-corrected chi connectivity index (χ4v) is 2.07. The Bertz CT molecular complexity index is 661. The molecular weight excluding hydrogens is 256 g/mol. The van der Waals surface area contributed by atoms with Crippen molar-refractivity contribution < 1.29 is 16.4 Å². The number of rotatable bonds is 4. The van der Waals surface area contributed by atoms with Crippen molar-refractivity contribution in [3.63, 3.8) is 0 Å². The zero-order valence-electron chi connectivity index (χ0n) is 15.8. The van der Waals surface area contributed by atoms with Gasteiger partial charge < -0.3 is 9.64 Å². The third-order valence-electron chi connectivity index (χ3n) is 3.14. The summed E-state index contributed by atoms with van der Waals surface area (Å²) in [7, 11) is 0. The van der Waals surface area contributed by atoms with Gasteiger partial charge in [-0.15, -0.1) is 0 Å². The SMILES string of the molecule is [2H]C([2H])([2H])C([2H])([2H])[C@H]1CN(C(=O)OCc2ccccc2)C[C@H]1N=[N+]=[N-]. The summed E-state index contributed by atoms with van der Waals surface area (Å²) in [5.74, 6) is -1.14. The number of azide groups is 1. The number of ether oxygens (including phenoxy) is 1. The van der Waals surface area contributed by atoms with E-state index in [1.165, 1.54) is 4.90 Å². The molecule has 0 aromatic heterocycles. The highest BCUT2D eigenvalue weighted by Gasteiger charge is 2.34. The zero-order chi connectivity index (χ0) is 18.7. The molecule has 1 aromatic rings. The van der Waals surface area contributed by atoms with Gasteiger partial charge in [0.15, 0.2) is 0 Å². The number of hydrogen-bond acceptors (Lipinski definition) is 3. The van der Waals surface area contributed by atoms with E-state index in [1.807, 2.05) is 6.07 Å². The summed E-state index contributed by atoms with van der Waals surface area (Å²) < 4.78 is 43.1. The summed E-state index contributed by atoms with van der Waals surface area (Å²) in [5, 5.41) is 3.48. The monoisotopic (exact) mass is 279 g/mol. The number of carbonyl (C=O) groups is 1. The molecule has 20 heavy (non-hydrogen) atoms. The number of benzene rings is 1. The van der Waals surface area contributed by atoms with Gasteiger partial charge in [0.2, 0.25) is 0 Å². The van der Waals surface area contributed by atoms with Crippen molar-refractivity contribution in [1.29, 1.82) is 0 Å². The molecular formula is C14H18N4O2. The largest absolute Gasteiger partial charge is 0.445 e. The highest BCUT2D eigenvalue weighted by molar-refractivity contribution is 5.68. The molecule has 0 N–H and O–H groups in total. The average molecular weight is 279 g/mol. The fraction of sp³-hybridized carbons (Fsp3) is 0.500. The Morgan fingerprint density at radius 1 is 1.60 bits per heavy atom. The molecule has 0 aliphatic carbocycles. The van der Waals surface area contributed by atoms with Crippen molar-refractivity contribution in [2.75, 3.05) is 13.1 Å². The van der Waals surface area contributed by atoms with Crippen molar-refractivity contribution >= 4 is 6.09 Å². The molecule has 6 nitrogen and oxygen atoms in total. The average Bonchev–Trinajstić information content (AvgIpc) is 2.97. The van der Waals surface area contributed by atoms with Crippen LogP contribution >= 0.6 is 0 Å². The van der Waals surface area contributed by atoms with Gasteiger partial charge in [-0.3, -0.25) is 0 Å². The molecule has 1 saturated heterocycles. The second-order valence-electron chi connectivity index (χ2n) is 4.47. The van der Waals surface area contributed by atoms with E-state index < -0.39 is 31.3 Å². The molecule has 1 heterocycles. The standard InChI is InChI=1S/C14H18N4O2/c1-2-12-8-18(9-13(12)16-17-15)14(19)20-10-11-6-4-3-5-7-11/h3-7,12-13H,2,8-10H2,1H3/t12-,13+/m0/s1/i1D3,2D2. The Kier molecular flexibility index (Phi) is 3.02. The maximum atomic E-state index is 12.2. The minimum Gasteiger partial charge on any atom is -0.445 e. The summed E-state index contributed by atoms with van der Waals surface area (Å²) in [6, 6.07) is 8.05. The Hall–Kier alpha value is -2.20. The van der Waals surface area contributed by atoms with E-state index in [4.69, 9.17) is 17.1 Å². The molecule has 0 spiro atoms. The fourth-order valence-electron chi connectivity index (χ4n) is 2.07. The van der Waals surface area contributed by atoms with Crippen LogP contribution in [-0.4, -0.2) is 30.1 Å². The van der Waals surface area contributed by atoms with Crippen LogP contribution in [0.25, 0.3) is 10.4 Å². The molecule has 1 fully saturated rings. The van der Waals surface area contributed by atoms with E-state index in [-0.39, 0.29) is 19.7 Å². The van der Waals surface area contributed by atoms with Crippen LogP contribution in [0, 0.1) is 5.92 Å². The quantitative estimate of drug-likeness (QED) is 0.481. The van der Waals surface area contributed by atoms with Gasteiger partial charge in [-0.1, -0.05) is 48.7 Å². The molecule has 0 saturated carbocycles. The minimum atomic E-state index is -2.90. The molecule has 0 bridgehead atoms. The maximum absolute atomic E-state index is 12.2. The van der Waals surface area contributed by atoms with E-state index in [2.05, 4.69) is 10.0 Å². The Morgan fingerprint density at radius 2 is 2.40 bits per heavy atom.